The molecule has 0 saturated carbocycles. The molecule has 5 heteroatoms. The average Bonchev–Trinajstić information content (AvgIpc) is 3.54. The van der Waals surface area contributed by atoms with Crippen molar-refractivity contribution in [2.24, 2.45) is 0 Å². The Bertz CT molecular complexity index is 2130. The fraction of sp³-hybridized carbons (Fsp3) is 0. The van der Waals surface area contributed by atoms with Gasteiger partial charge in [0.2, 0.25) is 0 Å². The van der Waals surface area contributed by atoms with E-state index in [0.29, 0.717) is 11.3 Å². The summed E-state index contributed by atoms with van der Waals surface area (Å²) in [6, 6.07) is 41.1. The van der Waals surface area contributed by atoms with Crippen LogP contribution in [0.1, 0.15) is 0 Å². The predicted octanol–water partition coefficient (Wildman–Crippen LogP) is 8.20. The van der Waals surface area contributed by atoms with Crippen LogP contribution in [0.2, 0.25) is 0 Å². The number of furan rings is 1. The summed E-state index contributed by atoms with van der Waals surface area (Å²) in [6.07, 6.45) is 0. The van der Waals surface area contributed by atoms with E-state index >= 15 is 0 Å². The Kier molecular flexibility index (Phi) is 4.45. The second-order valence-electron chi connectivity index (χ2n) is 9.33. The highest BCUT2D eigenvalue weighted by atomic mass is 16.3. The molecule has 0 aliphatic carbocycles. The number of rotatable bonds is 3. The van der Waals surface area contributed by atoms with Crippen LogP contribution in [-0.2, 0) is 0 Å². The average molecular weight is 489 g/mol. The van der Waals surface area contributed by atoms with Gasteiger partial charge in [0.1, 0.15) is 11.2 Å². The van der Waals surface area contributed by atoms with Gasteiger partial charge in [-0.25, -0.2) is 15.0 Å². The van der Waals surface area contributed by atoms with E-state index < -0.39 is 0 Å². The molecule has 5 aromatic carbocycles. The topological polar surface area (TPSA) is 56.7 Å². The largest absolute Gasteiger partial charge is 0.455 e. The van der Waals surface area contributed by atoms with Crippen LogP contribution in [0.3, 0.4) is 0 Å². The number of imidazole rings is 1. The van der Waals surface area contributed by atoms with Crippen LogP contribution in [0.25, 0.3) is 72.5 Å². The number of hydrogen-bond donors (Lipinski definition) is 0. The quantitative estimate of drug-likeness (QED) is 0.251. The molecule has 0 atom stereocenters. The van der Waals surface area contributed by atoms with Gasteiger partial charge in [0.05, 0.1) is 16.6 Å². The molecule has 5 nitrogen and oxygen atoms in total. The molecule has 3 aromatic heterocycles. The third-order valence-corrected chi connectivity index (χ3v) is 7.03. The Hall–Kier alpha value is -5.29. The van der Waals surface area contributed by atoms with Crippen LogP contribution in [0.15, 0.2) is 126 Å². The molecule has 0 aliphatic heterocycles. The highest BCUT2D eigenvalue weighted by Crippen LogP contribution is 2.38. The number of aromatic nitrogens is 4. The van der Waals surface area contributed by atoms with Gasteiger partial charge in [-0.2, -0.15) is 0 Å². The first-order chi connectivity index (χ1) is 18.8. The maximum atomic E-state index is 6.57. The zero-order valence-electron chi connectivity index (χ0n) is 20.2. The van der Waals surface area contributed by atoms with Crippen molar-refractivity contribution >= 4 is 44.3 Å². The van der Waals surface area contributed by atoms with E-state index in [2.05, 4.69) is 77.4 Å². The standard InChI is InChI=1S/C33H20N4O/c1-3-10-21(11-4-1)22-18-19-24-25-14-9-15-26(30(25)38-29(24)20-22)32-36-31-33(37(32)23-12-5-2-6-13-23)35-28-17-8-7-16-27(28)34-31/h1-20H. The molecule has 0 amide bonds. The summed E-state index contributed by atoms with van der Waals surface area (Å²) in [5, 5.41) is 2.13. The fourth-order valence-electron chi connectivity index (χ4n) is 5.24. The lowest BCUT2D eigenvalue weighted by molar-refractivity contribution is 0.669. The summed E-state index contributed by atoms with van der Waals surface area (Å²) in [5.41, 5.74) is 8.75. The fourth-order valence-corrected chi connectivity index (χ4v) is 5.24. The smallest absolute Gasteiger partial charge is 0.199 e. The first kappa shape index (κ1) is 20.9. The van der Waals surface area contributed by atoms with Crippen molar-refractivity contribution in [3.8, 4) is 28.2 Å². The molecule has 0 fully saturated rings. The van der Waals surface area contributed by atoms with Crippen molar-refractivity contribution < 1.29 is 4.42 Å². The van der Waals surface area contributed by atoms with Gasteiger partial charge in [-0.15, -0.1) is 0 Å². The number of hydrogen-bond acceptors (Lipinski definition) is 4. The van der Waals surface area contributed by atoms with Crippen molar-refractivity contribution in [1.29, 1.82) is 0 Å². The van der Waals surface area contributed by atoms with Gasteiger partial charge in [0.15, 0.2) is 17.1 Å². The second-order valence-corrected chi connectivity index (χ2v) is 9.33. The van der Waals surface area contributed by atoms with Crippen molar-refractivity contribution in [2.45, 2.75) is 0 Å². The third-order valence-electron chi connectivity index (χ3n) is 7.03. The van der Waals surface area contributed by atoms with Crippen LogP contribution in [0, 0.1) is 0 Å². The molecule has 0 spiro atoms. The second kappa shape index (κ2) is 8.11. The lowest BCUT2D eigenvalue weighted by atomic mass is 10.0. The highest BCUT2D eigenvalue weighted by molar-refractivity contribution is 6.10. The number of para-hydroxylation sites is 4. The SMILES string of the molecule is c1ccc(-c2ccc3c(c2)oc2c(-c4nc5nc6ccccc6nc5n4-c4ccccc4)cccc23)cc1. The lowest BCUT2D eigenvalue weighted by Crippen LogP contribution is -1.99. The van der Waals surface area contributed by atoms with Gasteiger partial charge < -0.3 is 4.42 Å². The zero-order valence-corrected chi connectivity index (χ0v) is 20.2. The van der Waals surface area contributed by atoms with Gasteiger partial charge in [0, 0.05) is 16.5 Å². The minimum atomic E-state index is 0.599. The number of benzene rings is 5. The Morgan fingerprint density at radius 1 is 0.553 bits per heavy atom. The molecular formula is C33H20N4O. The van der Waals surface area contributed by atoms with Crippen LogP contribution in [-0.4, -0.2) is 19.5 Å². The van der Waals surface area contributed by atoms with Crippen molar-refractivity contribution in [1.82, 2.24) is 19.5 Å². The summed E-state index contributed by atoms with van der Waals surface area (Å²) in [7, 11) is 0. The third kappa shape index (κ3) is 3.15. The maximum absolute atomic E-state index is 6.57. The Labute approximate surface area is 217 Å². The van der Waals surface area contributed by atoms with Crippen LogP contribution >= 0.6 is 0 Å². The Morgan fingerprint density at radius 2 is 1.29 bits per heavy atom. The Morgan fingerprint density at radius 3 is 2.11 bits per heavy atom. The van der Waals surface area contributed by atoms with Gasteiger partial charge in [-0.1, -0.05) is 78.9 Å². The van der Waals surface area contributed by atoms with E-state index in [9.17, 15) is 0 Å². The summed E-state index contributed by atoms with van der Waals surface area (Å²) >= 11 is 0. The Balaban J connectivity index is 1.42. The summed E-state index contributed by atoms with van der Waals surface area (Å²) in [4.78, 5) is 14.9. The molecule has 38 heavy (non-hydrogen) atoms. The highest BCUT2D eigenvalue weighted by Gasteiger charge is 2.21. The predicted molar refractivity (Wildman–Crippen MR) is 152 cm³/mol. The molecule has 0 unspecified atom stereocenters. The molecule has 0 aliphatic rings. The van der Waals surface area contributed by atoms with Crippen molar-refractivity contribution in [2.75, 3.05) is 0 Å². The monoisotopic (exact) mass is 488 g/mol. The minimum Gasteiger partial charge on any atom is -0.455 e. The van der Waals surface area contributed by atoms with E-state index in [4.69, 9.17) is 19.4 Å². The molecule has 8 rings (SSSR count). The minimum absolute atomic E-state index is 0.599. The van der Waals surface area contributed by atoms with E-state index in [0.717, 1.165) is 61.2 Å². The molecule has 178 valence electrons. The number of nitrogens with zero attached hydrogens (tertiary/aromatic N) is 4. The number of fused-ring (bicyclic) bond motifs is 5. The molecule has 0 bridgehead atoms. The van der Waals surface area contributed by atoms with Crippen LogP contribution in [0.5, 0.6) is 0 Å². The van der Waals surface area contributed by atoms with Crippen LogP contribution < -0.4 is 0 Å². The summed E-state index contributed by atoms with van der Waals surface area (Å²) in [5.74, 6) is 0.745. The van der Waals surface area contributed by atoms with Gasteiger partial charge >= 0.3 is 0 Å². The molecule has 0 radical (unpaired) electrons. The van der Waals surface area contributed by atoms with Gasteiger partial charge in [-0.3, -0.25) is 4.57 Å². The van der Waals surface area contributed by atoms with Gasteiger partial charge in [-0.05, 0) is 53.6 Å². The normalized spacial score (nSPS) is 11.7. The molecule has 0 N–H and O–H groups in total. The lowest BCUT2D eigenvalue weighted by Gasteiger charge is -2.09. The van der Waals surface area contributed by atoms with E-state index in [1.807, 2.05) is 48.5 Å². The zero-order chi connectivity index (χ0) is 25.1. The maximum Gasteiger partial charge on any atom is 0.199 e. The van der Waals surface area contributed by atoms with Crippen molar-refractivity contribution in [3.05, 3.63) is 121 Å². The molecule has 0 saturated heterocycles. The van der Waals surface area contributed by atoms with E-state index in [-0.39, 0.29) is 0 Å². The summed E-state index contributed by atoms with van der Waals surface area (Å²) in [6.45, 7) is 0. The first-order valence-electron chi connectivity index (χ1n) is 12.6. The first-order valence-corrected chi connectivity index (χ1v) is 12.6. The molecule has 8 aromatic rings. The van der Waals surface area contributed by atoms with E-state index in [1.54, 1.807) is 0 Å². The van der Waals surface area contributed by atoms with E-state index in [1.165, 1.54) is 0 Å². The summed E-state index contributed by atoms with van der Waals surface area (Å²) < 4.78 is 8.65. The molecular weight excluding hydrogens is 468 g/mol. The van der Waals surface area contributed by atoms with Gasteiger partial charge in [0.25, 0.3) is 0 Å². The van der Waals surface area contributed by atoms with Crippen molar-refractivity contribution in [3.63, 3.8) is 0 Å². The molecule has 3 heterocycles. The van der Waals surface area contributed by atoms with Crippen LogP contribution in [0.4, 0.5) is 0 Å².